The second kappa shape index (κ2) is 4.49. The van der Waals surface area contributed by atoms with Crippen LogP contribution in [0.4, 0.5) is 0 Å². The molecule has 0 amide bonds. The molecular formula is C17H26O2. The molecule has 0 saturated heterocycles. The molecule has 0 aromatic heterocycles. The molecule has 5 fully saturated rings. The Morgan fingerprint density at radius 1 is 0.842 bits per heavy atom. The van der Waals surface area contributed by atoms with Crippen molar-refractivity contribution in [2.75, 3.05) is 0 Å². The summed E-state index contributed by atoms with van der Waals surface area (Å²) < 4.78 is 6.15. The van der Waals surface area contributed by atoms with Gasteiger partial charge in [-0.25, -0.2) is 0 Å². The zero-order chi connectivity index (χ0) is 12.9. The molecule has 0 unspecified atom stereocenters. The fourth-order valence-electron chi connectivity index (χ4n) is 5.79. The van der Waals surface area contributed by atoms with E-state index in [1.54, 1.807) is 0 Å². The zero-order valence-electron chi connectivity index (χ0n) is 11.9. The molecule has 106 valence electrons. The number of carbonyl (C=O) groups is 1. The first-order chi connectivity index (χ1) is 9.22. The third kappa shape index (κ3) is 2.21. The van der Waals surface area contributed by atoms with Crippen LogP contribution < -0.4 is 0 Å². The molecule has 19 heavy (non-hydrogen) atoms. The summed E-state index contributed by atoms with van der Waals surface area (Å²) in [4.78, 5) is 12.5. The molecule has 0 heterocycles. The van der Waals surface area contributed by atoms with E-state index in [2.05, 4.69) is 0 Å². The van der Waals surface area contributed by atoms with Gasteiger partial charge in [-0.15, -0.1) is 0 Å². The molecule has 5 rings (SSSR count). The van der Waals surface area contributed by atoms with Crippen molar-refractivity contribution in [1.29, 1.82) is 0 Å². The first-order valence-corrected chi connectivity index (χ1v) is 8.45. The molecule has 2 heteroatoms. The molecule has 0 aliphatic heterocycles. The minimum Gasteiger partial charge on any atom is -0.459 e. The number of carbonyl (C=O) groups excluding carboxylic acids is 1. The fourth-order valence-corrected chi connectivity index (χ4v) is 5.79. The van der Waals surface area contributed by atoms with Crippen molar-refractivity contribution in [2.45, 2.75) is 76.2 Å². The average Bonchev–Trinajstić information content (AvgIpc) is 2.37. The van der Waals surface area contributed by atoms with Crippen LogP contribution in [-0.2, 0) is 9.53 Å². The molecule has 0 spiro atoms. The first kappa shape index (κ1) is 12.2. The van der Waals surface area contributed by atoms with Crippen molar-refractivity contribution in [3.63, 3.8) is 0 Å². The maximum Gasteiger partial charge on any atom is 0.309 e. The van der Waals surface area contributed by atoms with Gasteiger partial charge < -0.3 is 4.74 Å². The van der Waals surface area contributed by atoms with Crippen LogP contribution in [-0.4, -0.2) is 11.6 Å². The number of ether oxygens (including phenoxy) is 1. The number of esters is 1. The average molecular weight is 262 g/mol. The first-order valence-electron chi connectivity index (χ1n) is 8.45. The van der Waals surface area contributed by atoms with Crippen LogP contribution in [0.25, 0.3) is 0 Å². The predicted octanol–water partition coefficient (Wildman–Crippen LogP) is 4.08. The van der Waals surface area contributed by atoms with Gasteiger partial charge in [-0.05, 0) is 69.1 Å². The summed E-state index contributed by atoms with van der Waals surface area (Å²) >= 11 is 0. The second-order valence-corrected chi connectivity index (χ2v) is 7.86. The van der Waals surface area contributed by atoms with Crippen molar-refractivity contribution in [1.82, 2.24) is 0 Å². The van der Waals surface area contributed by atoms with Gasteiger partial charge in [0, 0.05) is 0 Å². The normalized spacial score (nSPS) is 45.4. The third-order valence-electron chi connectivity index (χ3n) is 6.24. The minimum absolute atomic E-state index is 0.0245. The molecule has 5 aliphatic carbocycles. The van der Waals surface area contributed by atoms with E-state index in [0.29, 0.717) is 0 Å². The third-order valence-corrected chi connectivity index (χ3v) is 6.24. The predicted molar refractivity (Wildman–Crippen MR) is 73.6 cm³/mol. The SMILES string of the molecule is O=C(OC12CC3CC(CC(C3)C1)C2)C1CCCCC1. The summed E-state index contributed by atoms with van der Waals surface area (Å²) in [5.74, 6) is 2.98. The molecular weight excluding hydrogens is 236 g/mol. The van der Waals surface area contributed by atoms with Gasteiger partial charge in [0.15, 0.2) is 0 Å². The summed E-state index contributed by atoms with van der Waals surface area (Å²) in [6.45, 7) is 0. The summed E-state index contributed by atoms with van der Waals surface area (Å²) in [6, 6.07) is 0. The number of hydrogen-bond donors (Lipinski definition) is 0. The van der Waals surface area contributed by atoms with Crippen molar-refractivity contribution in [2.24, 2.45) is 23.7 Å². The Balaban J connectivity index is 1.45. The quantitative estimate of drug-likeness (QED) is 0.701. The maximum absolute atomic E-state index is 12.5. The standard InChI is InChI=1S/C17H26O2/c18-16(15-4-2-1-3-5-15)19-17-9-12-6-13(10-17)8-14(7-12)11-17/h12-15H,1-11H2. The Labute approximate surface area is 116 Å². The Morgan fingerprint density at radius 2 is 1.37 bits per heavy atom. The van der Waals surface area contributed by atoms with E-state index in [0.717, 1.165) is 30.6 Å². The molecule has 0 N–H and O–H groups in total. The molecule has 0 radical (unpaired) electrons. The highest BCUT2D eigenvalue weighted by molar-refractivity contribution is 5.73. The van der Waals surface area contributed by atoms with Crippen LogP contribution in [0.5, 0.6) is 0 Å². The fraction of sp³-hybridized carbons (Fsp3) is 0.941. The largest absolute Gasteiger partial charge is 0.459 e. The molecule has 4 bridgehead atoms. The Bertz CT molecular complexity index is 332. The molecule has 5 aliphatic rings. The van der Waals surface area contributed by atoms with Crippen LogP contribution in [0.2, 0.25) is 0 Å². The zero-order valence-corrected chi connectivity index (χ0v) is 11.9. The van der Waals surface area contributed by atoms with E-state index in [-0.39, 0.29) is 17.5 Å². The summed E-state index contributed by atoms with van der Waals surface area (Å²) in [6.07, 6.45) is 13.7. The Kier molecular flexibility index (Phi) is 2.89. The molecule has 5 saturated carbocycles. The molecule has 0 atom stereocenters. The summed E-state index contributed by atoms with van der Waals surface area (Å²) in [7, 11) is 0. The van der Waals surface area contributed by atoms with Gasteiger partial charge >= 0.3 is 5.97 Å². The van der Waals surface area contributed by atoms with E-state index in [1.807, 2.05) is 0 Å². The van der Waals surface area contributed by atoms with Crippen molar-refractivity contribution in [3.8, 4) is 0 Å². The topological polar surface area (TPSA) is 26.3 Å². The van der Waals surface area contributed by atoms with E-state index in [9.17, 15) is 4.79 Å². The van der Waals surface area contributed by atoms with Crippen LogP contribution >= 0.6 is 0 Å². The van der Waals surface area contributed by atoms with Crippen molar-refractivity contribution < 1.29 is 9.53 Å². The molecule has 0 aromatic rings. The van der Waals surface area contributed by atoms with Gasteiger partial charge in [-0.2, -0.15) is 0 Å². The maximum atomic E-state index is 12.5. The number of hydrogen-bond acceptors (Lipinski definition) is 2. The highest BCUT2D eigenvalue weighted by Gasteiger charge is 2.53. The van der Waals surface area contributed by atoms with Gasteiger partial charge in [0.05, 0.1) is 5.92 Å². The van der Waals surface area contributed by atoms with E-state index in [1.165, 1.54) is 57.8 Å². The monoisotopic (exact) mass is 262 g/mol. The van der Waals surface area contributed by atoms with Crippen LogP contribution in [0.3, 0.4) is 0 Å². The summed E-state index contributed by atoms with van der Waals surface area (Å²) in [5, 5.41) is 0. The lowest BCUT2D eigenvalue weighted by molar-refractivity contribution is -0.191. The van der Waals surface area contributed by atoms with E-state index in [4.69, 9.17) is 4.74 Å². The minimum atomic E-state index is -0.0245. The molecule has 0 aromatic carbocycles. The molecule has 2 nitrogen and oxygen atoms in total. The highest BCUT2D eigenvalue weighted by atomic mass is 16.6. The van der Waals surface area contributed by atoms with Crippen LogP contribution in [0.15, 0.2) is 0 Å². The lowest BCUT2D eigenvalue weighted by Gasteiger charge is -2.56. The lowest BCUT2D eigenvalue weighted by Crippen LogP contribution is -2.53. The van der Waals surface area contributed by atoms with Gasteiger partial charge in [0.2, 0.25) is 0 Å². The smallest absolute Gasteiger partial charge is 0.309 e. The van der Waals surface area contributed by atoms with Gasteiger partial charge in [0.25, 0.3) is 0 Å². The van der Waals surface area contributed by atoms with E-state index < -0.39 is 0 Å². The lowest BCUT2D eigenvalue weighted by atomic mass is 9.54. The van der Waals surface area contributed by atoms with Gasteiger partial charge in [-0.3, -0.25) is 4.79 Å². The Hall–Kier alpha value is -0.530. The Morgan fingerprint density at radius 3 is 1.89 bits per heavy atom. The van der Waals surface area contributed by atoms with Crippen molar-refractivity contribution >= 4 is 5.97 Å². The van der Waals surface area contributed by atoms with E-state index >= 15 is 0 Å². The van der Waals surface area contributed by atoms with Gasteiger partial charge in [-0.1, -0.05) is 19.3 Å². The van der Waals surface area contributed by atoms with Crippen molar-refractivity contribution in [3.05, 3.63) is 0 Å². The highest BCUT2D eigenvalue weighted by Crippen LogP contribution is 2.57. The summed E-state index contributed by atoms with van der Waals surface area (Å²) in [5.41, 5.74) is -0.0245. The second-order valence-electron chi connectivity index (χ2n) is 7.86. The van der Waals surface area contributed by atoms with Gasteiger partial charge in [0.1, 0.15) is 5.60 Å². The number of rotatable bonds is 2. The van der Waals surface area contributed by atoms with Crippen LogP contribution in [0.1, 0.15) is 70.6 Å². The van der Waals surface area contributed by atoms with Crippen LogP contribution in [0, 0.1) is 23.7 Å².